The summed E-state index contributed by atoms with van der Waals surface area (Å²) >= 11 is 3.33. The number of hydrogen-bond donors (Lipinski definition) is 1. The fourth-order valence-electron chi connectivity index (χ4n) is 2.84. The zero-order valence-corrected chi connectivity index (χ0v) is 19.0. The summed E-state index contributed by atoms with van der Waals surface area (Å²) in [6.45, 7) is 0.0443. The van der Waals surface area contributed by atoms with Crippen LogP contribution in [0.15, 0.2) is 76.8 Å². The van der Waals surface area contributed by atoms with Crippen LogP contribution in [0.3, 0.4) is 0 Å². The number of nitro benzene ring substituents is 1. The molecule has 3 rings (SSSR count). The minimum Gasteiger partial charge on any atom is -0.497 e. The molecule has 0 bridgehead atoms. The van der Waals surface area contributed by atoms with Gasteiger partial charge in [0.15, 0.2) is 0 Å². The molecule has 33 heavy (non-hydrogen) atoms. The molecule has 0 aliphatic rings. The van der Waals surface area contributed by atoms with Gasteiger partial charge in [-0.25, -0.2) is 0 Å². The molecule has 0 radical (unpaired) electrons. The second kappa shape index (κ2) is 10.9. The highest BCUT2D eigenvalue weighted by molar-refractivity contribution is 9.10. The molecule has 166 valence electrons. The van der Waals surface area contributed by atoms with Crippen LogP contribution in [0.25, 0.3) is 6.08 Å². The maximum Gasteiger partial charge on any atom is 0.269 e. The lowest BCUT2D eigenvalue weighted by Crippen LogP contribution is -2.13. The van der Waals surface area contributed by atoms with E-state index in [-0.39, 0.29) is 17.9 Å². The lowest BCUT2D eigenvalue weighted by Gasteiger charge is -2.12. The number of nitrogens with zero attached hydrogens (tertiary/aromatic N) is 2. The molecule has 0 aromatic heterocycles. The highest BCUT2D eigenvalue weighted by Crippen LogP contribution is 2.28. The van der Waals surface area contributed by atoms with Crippen LogP contribution in [0.2, 0.25) is 0 Å². The molecular formula is C24H18BrN3O5. The monoisotopic (exact) mass is 507 g/mol. The summed E-state index contributed by atoms with van der Waals surface area (Å²) in [6, 6.07) is 19.9. The van der Waals surface area contributed by atoms with Crippen LogP contribution < -0.4 is 14.8 Å². The summed E-state index contributed by atoms with van der Waals surface area (Å²) in [5, 5.41) is 23.2. The molecule has 8 nitrogen and oxygen atoms in total. The Morgan fingerprint density at radius 3 is 2.61 bits per heavy atom. The smallest absolute Gasteiger partial charge is 0.269 e. The summed E-state index contributed by atoms with van der Waals surface area (Å²) in [5.41, 5.74) is 1.45. The van der Waals surface area contributed by atoms with Gasteiger partial charge in [0, 0.05) is 33.9 Å². The number of ether oxygens (including phenoxy) is 2. The number of carbonyl (C=O) groups excluding carboxylic acids is 1. The van der Waals surface area contributed by atoms with Crippen molar-refractivity contribution in [3.05, 3.63) is 98.0 Å². The Morgan fingerprint density at radius 1 is 1.18 bits per heavy atom. The molecule has 0 spiro atoms. The number of nitrogens with one attached hydrogen (secondary N) is 1. The molecule has 1 N–H and O–H groups in total. The van der Waals surface area contributed by atoms with Crippen LogP contribution >= 0.6 is 15.9 Å². The average molecular weight is 508 g/mol. The Labute approximate surface area is 198 Å². The molecule has 9 heteroatoms. The van der Waals surface area contributed by atoms with Crippen molar-refractivity contribution in [1.82, 2.24) is 0 Å². The normalized spacial score (nSPS) is 10.8. The largest absolute Gasteiger partial charge is 0.497 e. The lowest BCUT2D eigenvalue weighted by atomic mass is 10.1. The van der Waals surface area contributed by atoms with Crippen molar-refractivity contribution in [3.8, 4) is 17.6 Å². The minimum absolute atomic E-state index is 0.0433. The van der Waals surface area contributed by atoms with E-state index in [1.54, 1.807) is 54.6 Å². The van der Waals surface area contributed by atoms with Gasteiger partial charge in [-0.2, -0.15) is 5.26 Å². The third-order valence-corrected chi connectivity index (χ3v) is 5.03. The fraction of sp³-hybridized carbons (Fsp3) is 0.0833. The van der Waals surface area contributed by atoms with Gasteiger partial charge in [-0.15, -0.1) is 0 Å². The molecular weight excluding hydrogens is 490 g/mol. The SMILES string of the molecule is COc1ccc(/C=C(\C#N)C(=O)Nc2ccc(Br)cc2)c(OCc2cccc([N+](=O)[O-])c2)c1. The van der Waals surface area contributed by atoms with E-state index < -0.39 is 10.8 Å². The van der Waals surface area contributed by atoms with Crippen LogP contribution in [0.1, 0.15) is 11.1 Å². The maximum atomic E-state index is 12.6. The number of hydrogen-bond acceptors (Lipinski definition) is 6. The van der Waals surface area contributed by atoms with Crippen LogP contribution in [0.4, 0.5) is 11.4 Å². The summed E-state index contributed by atoms with van der Waals surface area (Å²) in [6.07, 6.45) is 1.41. The van der Waals surface area contributed by atoms with E-state index >= 15 is 0 Å². The van der Waals surface area contributed by atoms with Crippen molar-refractivity contribution < 1.29 is 19.2 Å². The zero-order chi connectivity index (χ0) is 23.8. The Balaban J connectivity index is 1.85. The lowest BCUT2D eigenvalue weighted by molar-refractivity contribution is -0.384. The van der Waals surface area contributed by atoms with Crippen molar-refractivity contribution >= 4 is 39.3 Å². The summed E-state index contributed by atoms with van der Waals surface area (Å²) in [4.78, 5) is 23.1. The second-order valence-electron chi connectivity index (χ2n) is 6.75. The van der Waals surface area contributed by atoms with Crippen molar-refractivity contribution in [2.45, 2.75) is 6.61 Å². The molecule has 0 heterocycles. The quantitative estimate of drug-likeness (QED) is 0.186. The molecule has 1 amide bonds. The van der Waals surface area contributed by atoms with Gasteiger partial charge in [0.25, 0.3) is 11.6 Å². The van der Waals surface area contributed by atoms with Gasteiger partial charge in [0.2, 0.25) is 0 Å². The number of methoxy groups -OCH3 is 1. The van der Waals surface area contributed by atoms with Crippen molar-refractivity contribution in [1.29, 1.82) is 5.26 Å². The van der Waals surface area contributed by atoms with Crippen LogP contribution in [0, 0.1) is 21.4 Å². The topological polar surface area (TPSA) is 114 Å². The molecule has 0 unspecified atom stereocenters. The van der Waals surface area contributed by atoms with Gasteiger partial charge in [0.05, 0.1) is 12.0 Å². The predicted molar refractivity (Wildman–Crippen MR) is 127 cm³/mol. The van der Waals surface area contributed by atoms with Gasteiger partial charge in [-0.1, -0.05) is 28.1 Å². The molecule has 3 aromatic carbocycles. The number of non-ortho nitro benzene ring substituents is 1. The number of nitro groups is 1. The second-order valence-corrected chi connectivity index (χ2v) is 7.67. The average Bonchev–Trinajstić information content (AvgIpc) is 2.83. The first-order chi connectivity index (χ1) is 15.9. The van der Waals surface area contributed by atoms with Gasteiger partial charge >= 0.3 is 0 Å². The summed E-state index contributed by atoms with van der Waals surface area (Å²) < 4.78 is 12.0. The van der Waals surface area contributed by atoms with E-state index in [4.69, 9.17) is 9.47 Å². The van der Waals surface area contributed by atoms with Gasteiger partial charge < -0.3 is 14.8 Å². The number of nitriles is 1. The van der Waals surface area contributed by atoms with Crippen LogP contribution in [-0.4, -0.2) is 17.9 Å². The Hall–Kier alpha value is -4.16. The highest BCUT2D eigenvalue weighted by Gasteiger charge is 2.13. The van der Waals surface area contributed by atoms with Crippen molar-refractivity contribution in [2.75, 3.05) is 12.4 Å². The Bertz CT molecular complexity index is 1250. The zero-order valence-electron chi connectivity index (χ0n) is 17.4. The number of halogens is 1. The Morgan fingerprint density at radius 2 is 1.94 bits per heavy atom. The first kappa shape index (κ1) is 23.5. The van der Waals surface area contributed by atoms with E-state index in [0.29, 0.717) is 28.3 Å². The summed E-state index contributed by atoms with van der Waals surface area (Å²) in [5.74, 6) is 0.296. The fourth-order valence-corrected chi connectivity index (χ4v) is 3.11. The molecule has 0 saturated heterocycles. The number of amides is 1. The third kappa shape index (κ3) is 6.41. The number of carbonyl (C=O) groups is 1. The summed E-state index contributed by atoms with van der Waals surface area (Å²) in [7, 11) is 1.50. The van der Waals surface area contributed by atoms with E-state index in [2.05, 4.69) is 21.2 Å². The minimum atomic E-state index is -0.569. The number of benzene rings is 3. The third-order valence-electron chi connectivity index (χ3n) is 4.50. The first-order valence-corrected chi connectivity index (χ1v) is 10.4. The number of rotatable bonds is 8. The molecule has 0 fully saturated rings. The van der Waals surface area contributed by atoms with Gasteiger partial charge in [-0.05, 0) is 48.0 Å². The predicted octanol–water partition coefficient (Wildman–Crippen LogP) is 5.49. The molecule has 3 aromatic rings. The maximum absolute atomic E-state index is 12.6. The van der Waals surface area contributed by atoms with E-state index in [0.717, 1.165) is 4.47 Å². The van der Waals surface area contributed by atoms with Crippen LogP contribution in [0.5, 0.6) is 11.5 Å². The molecule has 0 aliphatic carbocycles. The van der Waals surface area contributed by atoms with Crippen molar-refractivity contribution in [2.24, 2.45) is 0 Å². The van der Waals surface area contributed by atoms with E-state index in [1.165, 1.54) is 25.3 Å². The van der Waals surface area contributed by atoms with Crippen molar-refractivity contribution in [3.63, 3.8) is 0 Å². The van der Waals surface area contributed by atoms with Gasteiger partial charge in [-0.3, -0.25) is 14.9 Å². The highest BCUT2D eigenvalue weighted by atomic mass is 79.9. The Kier molecular flexibility index (Phi) is 7.78. The number of anilines is 1. The van der Waals surface area contributed by atoms with E-state index in [9.17, 15) is 20.2 Å². The van der Waals surface area contributed by atoms with Crippen LogP contribution in [-0.2, 0) is 11.4 Å². The molecule has 0 aliphatic heterocycles. The first-order valence-electron chi connectivity index (χ1n) is 9.62. The van der Waals surface area contributed by atoms with E-state index in [1.807, 2.05) is 6.07 Å². The van der Waals surface area contributed by atoms with Gasteiger partial charge in [0.1, 0.15) is 29.7 Å². The standard InChI is InChI=1S/C24H18BrN3O5/c1-32-22-10-5-17(12-18(14-26)24(29)27-20-8-6-19(25)7-9-20)23(13-22)33-15-16-3-2-4-21(11-16)28(30)31/h2-13H,15H2,1H3,(H,27,29)/b18-12+. The molecule has 0 saturated carbocycles. The molecule has 0 atom stereocenters.